The highest BCUT2D eigenvalue weighted by Gasteiger charge is 2.08. The second-order valence-electron chi connectivity index (χ2n) is 3.74. The summed E-state index contributed by atoms with van der Waals surface area (Å²) in [6.45, 7) is 0.666. The molecule has 4 N–H and O–H groups in total. The number of hydrogen-bond donors (Lipinski definition) is 3. The molecule has 0 radical (unpaired) electrons. The van der Waals surface area contributed by atoms with Crippen LogP contribution in [0.3, 0.4) is 0 Å². The van der Waals surface area contributed by atoms with Crippen molar-refractivity contribution in [3.05, 3.63) is 23.2 Å². The second-order valence-corrected chi connectivity index (χ2v) is 4.18. The van der Waals surface area contributed by atoms with E-state index in [9.17, 15) is 4.79 Å². The minimum atomic E-state index is -0.185. The number of aliphatic hydroxyl groups is 1. The van der Waals surface area contributed by atoms with Crippen molar-refractivity contribution in [1.82, 2.24) is 4.90 Å². The van der Waals surface area contributed by atoms with Crippen LogP contribution in [0.4, 0.5) is 11.4 Å². The van der Waals surface area contributed by atoms with E-state index in [-0.39, 0.29) is 19.1 Å². The van der Waals surface area contributed by atoms with Gasteiger partial charge in [-0.25, -0.2) is 0 Å². The Bertz CT molecular complexity index is 398. The number of aliphatic hydroxyl groups excluding tert-OH is 1. The molecule has 1 aromatic rings. The lowest BCUT2D eigenvalue weighted by Crippen LogP contribution is -2.32. The highest BCUT2D eigenvalue weighted by molar-refractivity contribution is 6.31. The van der Waals surface area contributed by atoms with Crippen LogP contribution in [0.25, 0.3) is 0 Å². The number of nitrogen functional groups attached to an aromatic ring is 1. The fourth-order valence-corrected chi connectivity index (χ4v) is 1.51. The average Bonchev–Trinajstić information content (AvgIpc) is 2.22. The minimum absolute atomic E-state index is 0.0207. The molecule has 94 valence electrons. The van der Waals surface area contributed by atoms with Gasteiger partial charge in [-0.05, 0) is 25.2 Å². The van der Waals surface area contributed by atoms with Gasteiger partial charge in [-0.2, -0.15) is 0 Å². The highest BCUT2D eigenvalue weighted by Crippen LogP contribution is 2.22. The predicted octanol–water partition coefficient (Wildman–Crippen LogP) is 0.785. The van der Waals surface area contributed by atoms with Crippen LogP contribution in [0, 0.1) is 0 Å². The molecule has 0 aliphatic rings. The number of hydrogen-bond acceptors (Lipinski definition) is 4. The van der Waals surface area contributed by atoms with Gasteiger partial charge in [0.15, 0.2) is 0 Å². The normalized spacial score (nSPS) is 10.6. The lowest BCUT2D eigenvalue weighted by atomic mass is 10.2. The first-order valence-corrected chi connectivity index (χ1v) is 5.55. The molecule has 0 unspecified atom stereocenters. The molecule has 1 amide bonds. The van der Waals surface area contributed by atoms with E-state index in [1.54, 1.807) is 30.1 Å². The van der Waals surface area contributed by atoms with Crippen molar-refractivity contribution in [2.24, 2.45) is 0 Å². The average molecular weight is 258 g/mol. The van der Waals surface area contributed by atoms with Gasteiger partial charge < -0.3 is 16.2 Å². The van der Waals surface area contributed by atoms with Crippen LogP contribution in [-0.4, -0.2) is 42.7 Å². The van der Waals surface area contributed by atoms with E-state index in [1.807, 2.05) is 0 Å². The van der Waals surface area contributed by atoms with Crippen LogP contribution < -0.4 is 11.1 Å². The zero-order valence-electron chi connectivity index (χ0n) is 9.61. The number of nitrogens with zero attached hydrogens (tertiary/aromatic N) is 1. The smallest absolute Gasteiger partial charge is 0.238 e. The van der Waals surface area contributed by atoms with Crippen molar-refractivity contribution in [3.8, 4) is 0 Å². The maximum atomic E-state index is 11.6. The quantitative estimate of drug-likeness (QED) is 0.682. The SMILES string of the molecule is CN(CCO)CC(=O)Nc1ccc(Cl)cc1N. The lowest BCUT2D eigenvalue weighted by Gasteiger charge is -2.15. The molecule has 0 aromatic heterocycles. The number of nitrogens with two attached hydrogens (primary N) is 1. The summed E-state index contributed by atoms with van der Waals surface area (Å²) in [6, 6.07) is 4.89. The summed E-state index contributed by atoms with van der Waals surface area (Å²) < 4.78 is 0. The van der Waals surface area contributed by atoms with Crippen molar-refractivity contribution < 1.29 is 9.90 Å². The van der Waals surface area contributed by atoms with E-state index in [4.69, 9.17) is 22.4 Å². The van der Waals surface area contributed by atoms with Gasteiger partial charge in [-0.15, -0.1) is 0 Å². The third-order valence-electron chi connectivity index (χ3n) is 2.18. The van der Waals surface area contributed by atoms with Crippen molar-refractivity contribution in [1.29, 1.82) is 0 Å². The highest BCUT2D eigenvalue weighted by atomic mass is 35.5. The summed E-state index contributed by atoms with van der Waals surface area (Å²) in [4.78, 5) is 13.3. The molecule has 1 rings (SSSR count). The van der Waals surface area contributed by atoms with Crippen LogP contribution in [0.15, 0.2) is 18.2 Å². The predicted molar refractivity (Wildman–Crippen MR) is 69.1 cm³/mol. The summed E-state index contributed by atoms with van der Waals surface area (Å²) >= 11 is 5.75. The van der Waals surface area contributed by atoms with Crippen molar-refractivity contribution in [2.45, 2.75) is 0 Å². The number of likely N-dealkylation sites (N-methyl/N-ethyl adjacent to an activating group) is 1. The molecule has 0 bridgehead atoms. The number of carbonyl (C=O) groups excluding carboxylic acids is 1. The Morgan fingerprint density at radius 3 is 2.88 bits per heavy atom. The molecule has 1 aromatic carbocycles. The topological polar surface area (TPSA) is 78.6 Å². The van der Waals surface area contributed by atoms with Gasteiger partial charge in [-0.3, -0.25) is 9.69 Å². The van der Waals surface area contributed by atoms with E-state index in [1.165, 1.54) is 0 Å². The van der Waals surface area contributed by atoms with Crippen molar-refractivity contribution in [3.63, 3.8) is 0 Å². The van der Waals surface area contributed by atoms with Crippen LogP contribution in [-0.2, 0) is 4.79 Å². The van der Waals surface area contributed by atoms with E-state index >= 15 is 0 Å². The Morgan fingerprint density at radius 1 is 1.59 bits per heavy atom. The molecule has 0 saturated carbocycles. The summed E-state index contributed by atoms with van der Waals surface area (Å²) in [5.41, 5.74) is 6.67. The number of rotatable bonds is 5. The van der Waals surface area contributed by atoms with Gasteiger partial charge in [0.2, 0.25) is 5.91 Å². The molecule has 0 heterocycles. The Morgan fingerprint density at radius 2 is 2.29 bits per heavy atom. The fraction of sp³-hybridized carbons (Fsp3) is 0.364. The maximum absolute atomic E-state index is 11.6. The number of anilines is 2. The number of amides is 1. The molecule has 6 heteroatoms. The molecule has 0 saturated heterocycles. The van der Waals surface area contributed by atoms with Crippen molar-refractivity contribution >= 4 is 28.9 Å². The monoisotopic (exact) mass is 257 g/mol. The number of carbonyl (C=O) groups is 1. The number of benzene rings is 1. The van der Waals surface area contributed by atoms with Crippen LogP contribution in [0.5, 0.6) is 0 Å². The molecule has 0 aliphatic heterocycles. The molecule has 0 aliphatic carbocycles. The standard InChI is InChI=1S/C11H16ClN3O2/c1-15(4-5-16)7-11(17)14-10-3-2-8(12)6-9(10)13/h2-3,6,16H,4-5,7,13H2,1H3,(H,14,17). The van der Waals surface area contributed by atoms with Gasteiger partial charge in [-0.1, -0.05) is 11.6 Å². The summed E-state index contributed by atoms with van der Waals surface area (Å²) in [5.74, 6) is -0.185. The second kappa shape index (κ2) is 6.44. The number of nitrogens with one attached hydrogen (secondary N) is 1. The summed E-state index contributed by atoms with van der Waals surface area (Å²) in [7, 11) is 1.75. The van der Waals surface area contributed by atoms with Gasteiger partial charge in [0.1, 0.15) is 0 Å². The lowest BCUT2D eigenvalue weighted by molar-refractivity contribution is -0.117. The Hall–Kier alpha value is -1.30. The van der Waals surface area contributed by atoms with Crippen LogP contribution in [0.2, 0.25) is 5.02 Å². The van der Waals surface area contributed by atoms with Crippen molar-refractivity contribution in [2.75, 3.05) is 37.8 Å². The third kappa shape index (κ3) is 4.60. The molecule has 0 atom stereocenters. The largest absolute Gasteiger partial charge is 0.397 e. The third-order valence-corrected chi connectivity index (χ3v) is 2.42. The minimum Gasteiger partial charge on any atom is -0.397 e. The zero-order valence-corrected chi connectivity index (χ0v) is 10.4. The van der Waals surface area contributed by atoms with Gasteiger partial charge in [0, 0.05) is 11.6 Å². The molecule has 5 nitrogen and oxygen atoms in total. The molecule has 0 spiro atoms. The van der Waals surface area contributed by atoms with Crippen LogP contribution >= 0.6 is 11.6 Å². The van der Waals surface area contributed by atoms with E-state index in [0.717, 1.165) is 0 Å². The van der Waals surface area contributed by atoms with Gasteiger partial charge in [0.05, 0.1) is 24.5 Å². The Balaban J connectivity index is 2.56. The van der Waals surface area contributed by atoms with E-state index in [2.05, 4.69) is 5.32 Å². The van der Waals surface area contributed by atoms with E-state index < -0.39 is 0 Å². The first-order valence-electron chi connectivity index (χ1n) is 5.17. The fourth-order valence-electron chi connectivity index (χ4n) is 1.33. The molecule has 0 fully saturated rings. The van der Waals surface area contributed by atoms with Gasteiger partial charge >= 0.3 is 0 Å². The molecular weight excluding hydrogens is 242 g/mol. The van der Waals surface area contributed by atoms with Gasteiger partial charge in [0.25, 0.3) is 0 Å². The van der Waals surface area contributed by atoms with Crippen LogP contribution in [0.1, 0.15) is 0 Å². The maximum Gasteiger partial charge on any atom is 0.238 e. The first-order chi connectivity index (χ1) is 8.02. The van der Waals surface area contributed by atoms with E-state index in [0.29, 0.717) is 22.9 Å². The number of halogens is 1. The molecular formula is C11H16ClN3O2. The Kier molecular flexibility index (Phi) is 5.21. The zero-order chi connectivity index (χ0) is 12.8. The summed E-state index contributed by atoms with van der Waals surface area (Å²) in [6.07, 6.45) is 0. The molecule has 17 heavy (non-hydrogen) atoms. The Labute approximate surface area is 105 Å². The first kappa shape index (κ1) is 13.8. The summed E-state index contributed by atoms with van der Waals surface area (Å²) in [5, 5.41) is 11.9.